The first-order chi connectivity index (χ1) is 6.47. The highest BCUT2D eigenvalue weighted by Gasteiger charge is 2.20. The van der Waals surface area contributed by atoms with E-state index in [1.807, 2.05) is 0 Å². The van der Waals surface area contributed by atoms with Crippen molar-refractivity contribution in [1.82, 2.24) is 5.32 Å². The normalized spacial score (nSPS) is 26.1. The van der Waals surface area contributed by atoms with E-state index in [1.165, 1.54) is 38.6 Å². The first-order valence-electron chi connectivity index (χ1n) is 6.21. The summed E-state index contributed by atoms with van der Waals surface area (Å²) in [5.41, 5.74) is 0.494. The lowest BCUT2D eigenvalue weighted by molar-refractivity contribution is 0.259. The second kappa shape index (κ2) is 5.16. The number of piperidine rings is 1. The van der Waals surface area contributed by atoms with Gasteiger partial charge in [-0.05, 0) is 43.6 Å². The summed E-state index contributed by atoms with van der Waals surface area (Å²) in [5, 5.41) is 3.64. The average molecular weight is 197 g/mol. The summed E-state index contributed by atoms with van der Waals surface area (Å²) in [4.78, 5) is 0. The summed E-state index contributed by atoms with van der Waals surface area (Å²) in [6.07, 6.45) is 6.93. The fourth-order valence-electron chi connectivity index (χ4n) is 2.74. The second-order valence-corrected chi connectivity index (χ2v) is 6.25. The molecule has 1 aliphatic rings. The Labute approximate surface area is 89.7 Å². The smallest absolute Gasteiger partial charge is 0.00696 e. The standard InChI is InChI=1S/C13H27N/c1-11(10-13(2,3)4)9-12-7-5-6-8-14-12/h11-12,14H,5-10H2,1-4H3. The van der Waals surface area contributed by atoms with E-state index in [0.717, 1.165) is 12.0 Å². The van der Waals surface area contributed by atoms with Gasteiger partial charge < -0.3 is 5.32 Å². The molecule has 14 heavy (non-hydrogen) atoms. The molecule has 1 aliphatic heterocycles. The Morgan fingerprint density at radius 3 is 2.50 bits per heavy atom. The van der Waals surface area contributed by atoms with Crippen LogP contribution in [0.25, 0.3) is 0 Å². The largest absolute Gasteiger partial charge is 0.314 e. The Bertz CT molecular complexity index is 151. The van der Waals surface area contributed by atoms with Gasteiger partial charge in [0.2, 0.25) is 0 Å². The predicted octanol–water partition coefficient (Wildman–Crippen LogP) is 3.59. The Balaban J connectivity index is 2.21. The fourth-order valence-corrected chi connectivity index (χ4v) is 2.74. The molecule has 0 radical (unpaired) electrons. The maximum Gasteiger partial charge on any atom is 0.00696 e. The molecule has 0 aliphatic carbocycles. The Morgan fingerprint density at radius 2 is 2.00 bits per heavy atom. The van der Waals surface area contributed by atoms with Crippen LogP contribution >= 0.6 is 0 Å². The van der Waals surface area contributed by atoms with Crippen LogP contribution in [0.15, 0.2) is 0 Å². The van der Waals surface area contributed by atoms with E-state index in [9.17, 15) is 0 Å². The lowest BCUT2D eigenvalue weighted by atomic mass is 9.82. The molecule has 2 atom stereocenters. The fraction of sp³-hybridized carbons (Fsp3) is 1.00. The zero-order valence-corrected chi connectivity index (χ0v) is 10.4. The molecule has 1 N–H and O–H groups in total. The number of nitrogens with one attached hydrogen (secondary N) is 1. The van der Waals surface area contributed by atoms with Crippen LogP contribution in [0.1, 0.15) is 59.8 Å². The summed E-state index contributed by atoms with van der Waals surface area (Å²) in [6.45, 7) is 10.7. The maximum absolute atomic E-state index is 3.64. The Hall–Kier alpha value is -0.0400. The van der Waals surface area contributed by atoms with Crippen molar-refractivity contribution in [3.05, 3.63) is 0 Å². The summed E-state index contributed by atoms with van der Waals surface area (Å²) >= 11 is 0. The minimum Gasteiger partial charge on any atom is -0.314 e. The zero-order chi connectivity index (χ0) is 10.6. The molecule has 0 aromatic carbocycles. The van der Waals surface area contributed by atoms with Crippen molar-refractivity contribution in [3.8, 4) is 0 Å². The molecule has 1 fully saturated rings. The lowest BCUT2D eigenvalue weighted by Gasteiger charge is -2.29. The molecule has 0 saturated carbocycles. The molecular formula is C13H27N. The third kappa shape index (κ3) is 4.99. The molecule has 0 bridgehead atoms. The van der Waals surface area contributed by atoms with Gasteiger partial charge in [0.1, 0.15) is 0 Å². The topological polar surface area (TPSA) is 12.0 Å². The first kappa shape index (κ1) is 12.0. The minimum atomic E-state index is 0.494. The van der Waals surface area contributed by atoms with Gasteiger partial charge in [0.05, 0.1) is 0 Å². The third-order valence-corrected chi connectivity index (χ3v) is 3.06. The summed E-state index contributed by atoms with van der Waals surface area (Å²) < 4.78 is 0. The van der Waals surface area contributed by atoms with Gasteiger partial charge in [-0.15, -0.1) is 0 Å². The van der Waals surface area contributed by atoms with Crippen LogP contribution in [-0.4, -0.2) is 12.6 Å². The van der Waals surface area contributed by atoms with Gasteiger partial charge >= 0.3 is 0 Å². The summed E-state index contributed by atoms with van der Waals surface area (Å²) in [7, 11) is 0. The van der Waals surface area contributed by atoms with Crippen molar-refractivity contribution >= 4 is 0 Å². The molecule has 0 aromatic heterocycles. The molecule has 0 amide bonds. The van der Waals surface area contributed by atoms with Crippen molar-refractivity contribution in [2.75, 3.05) is 6.54 Å². The van der Waals surface area contributed by atoms with Crippen molar-refractivity contribution in [2.24, 2.45) is 11.3 Å². The van der Waals surface area contributed by atoms with E-state index >= 15 is 0 Å². The minimum absolute atomic E-state index is 0.494. The van der Waals surface area contributed by atoms with Gasteiger partial charge in [-0.3, -0.25) is 0 Å². The molecule has 1 rings (SSSR count). The highest BCUT2D eigenvalue weighted by Crippen LogP contribution is 2.27. The van der Waals surface area contributed by atoms with E-state index in [0.29, 0.717) is 5.41 Å². The Kier molecular flexibility index (Phi) is 4.43. The molecule has 0 aromatic rings. The van der Waals surface area contributed by atoms with Crippen molar-refractivity contribution in [2.45, 2.75) is 65.8 Å². The monoisotopic (exact) mass is 197 g/mol. The summed E-state index contributed by atoms with van der Waals surface area (Å²) in [6, 6.07) is 0.807. The van der Waals surface area contributed by atoms with E-state index < -0.39 is 0 Å². The van der Waals surface area contributed by atoms with E-state index in [-0.39, 0.29) is 0 Å². The average Bonchev–Trinajstić information content (AvgIpc) is 2.02. The molecule has 1 nitrogen and oxygen atoms in total. The number of hydrogen-bond acceptors (Lipinski definition) is 1. The van der Waals surface area contributed by atoms with E-state index in [2.05, 4.69) is 33.0 Å². The van der Waals surface area contributed by atoms with Crippen LogP contribution in [0.2, 0.25) is 0 Å². The molecular weight excluding hydrogens is 170 g/mol. The van der Waals surface area contributed by atoms with Gasteiger partial charge in [-0.25, -0.2) is 0 Å². The van der Waals surface area contributed by atoms with Crippen molar-refractivity contribution in [3.63, 3.8) is 0 Å². The van der Waals surface area contributed by atoms with E-state index in [4.69, 9.17) is 0 Å². The van der Waals surface area contributed by atoms with Crippen LogP contribution in [0.4, 0.5) is 0 Å². The second-order valence-electron chi connectivity index (χ2n) is 6.25. The number of hydrogen-bond donors (Lipinski definition) is 1. The highest BCUT2D eigenvalue weighted by atomic mass is 14.9. The van der Waals surface area contributed by atoms with Crippen LogP contribution in [0.5, 0.6) is 0 Å². The molecule has 1 heterocycles. The van der Waals surface area contributed by atoms with Gasteiger partial charge in [0, 0.05) is 6.04 Å². The van der Waals surface area contributed by atoms with Gasteiger partial charge in [-0.1, -0.05) is 34.1 Å². The lowest BCUT2D eigenvalue weighted by Crippen LogP contribution is -2.35. The van der Waals surface area contributed by atoms with Crippen LogP contribution in [0, 0.1) is 11.3 Å². The number of rotatable bonds is 3. The maximum atomic E-state index is 3.64. The van der Waals surface area contributed by atoms with Crippen molar-refractivity contribution in [1.29, 1.82) is 0 Å². The van der Waals surface area contributed by atoms with Crippen LogP contribution in [0.3, 0.4) is 0 Å². The SMILES string of the molecule is CC(CC1CCCCN1)CC(C)(C)C. The summed E-state index contributed by atoms with van der Waals surface area (Å²) in [5.74, 6) is 0.866. The van der Waals surface area contributed by atoms with Gasteiger partial charge in [0.15, 0.2) is 0 Å². The van der Waals surface area contributed by atoms with Crippen LogP contribution in [-0.2, 0) is 0 Å². The highest BCUT2D eigenvalue weighted by molar-refractivity contribution is 4.76. The van der Waals surface area contributed by atoms with Gasteiger partial charge in [0.25, 0.3) is 0 Å². The van der Waals surface area contributed by atoms with Crippen molar-refractivity contribution < 1.29 is 0 Å². The molecule has 0 spiro atoms. The zero-order valence-electron chi connectivity index (χ0n) is 10.4. The first-order valence-corrected chi connectivity index (χ1v) is 6.21. The predicted molar refractivity (Wildman–Crippen MR) is 63.5 cm³/mol. The van der Waals surface area contributed by atoms with E-state index in [1.54, 1.807) is 0 Å². The third-order valence-electron chi connectivity index (χ3n) is 3.06. The molecule has 1 heteroatoms. The molecule has 1 saturated heterocycles. The molecule has 2 unspecified atom stereocenters. The van der Waals surface area contributed by atoms with Gasteiger partial charge in [-0.2, -0.15) is 0 Å². The quantitative estimate of drug-likeness (QED) is 0.729. The van der Waals surface area contributed by atoms with Crippen LogP contribution < -0.4 is 5.32 Å². The molecule has 84 valence electrons. The Morgan fingerprint density at radius 1 is 1.29 bits per heavy atom.